The van der Waals surface area contributed by atoms with Crippen LogP contribution in [0.15, 0.2) is 35.3 Å². The van der Waals surface area contributed by atoms with Crippen LogP contribution in [0, 0.1) is 0 Å². The summed E-state index contributed by atoms with van der Waals surface area (Å²) in [6.45, 7) is 2.65. The topological polar surface area (TPSA) is 62.4 Å². The van der Waals surface area contributed by atoms with Crippen molar-refractivity contribution in [1.82, 2.24) is 10.6 Å². The first-order chi connectivity index (χ1) is 7.86. The summed E-state index contributed by atoms with van der Waals surface area (Å²) in [5.74, 6) is 0.903. The Kier molecular flexibility index (Phi) is 3.77. The second-order valence-corrected chi connectivity index (χ2v) is 3.89. The minimum absolute atomic E-state index is 0.0932. The van der Waals surface area contributed by atoms with Crippen LogP contribution in [0.2, 0.25) is 0 Å². The maximum absolute atomic E-state index is 6.08. The van der Waals surface area contributed by atoms with Crippen molar-refractivity contribution in [3.63, 3.8) is 0 Å². The zero-order valence-electron chi connectivity index (χ0n) is 9.32. The van der Waals surface area contributed by atoms with Gasteiger partial charge >= 0.3 is 0 Å². The first-order valence-corrected chi connectivity index (χ1v) is 5.69. The number of rotatable bonds is 4. The lowest BCUT2D eigenvalue weighted by atomic mass is 10.1. The third-order valence-corrected chi connectivity index (χ3v) is 2.65. The summed E-state index contributed by atoms with van der Waals surface area (Å²) in [7, 11) is 0. The van der Waals surface area contributed by atoms with Gasteiger partial charge in [-0.3, -0.25) is 4.99 Å². The fourth-order valence-electron chi connectivity index (χ4n) is 1.73. The molecule has 1 aromatic carbocycles. The quantitative estimate of drug-likeness (QED) is 0.694. The van der Waals surface area contributed by atoms with Crippen LogP contribution < -0.4 is 16.4 Å². The molecule has 0 aromatic heterocycles. The third kappa shape index (κ3) is 2.97. The molecular weight excluding hydrogens is 200 g/mol. The summed E-state index contributed by atoms with van der Waals surface area (Å²) in [4.78, 5) is 4.26. The lowest BCUT2D eigenvalue weighted by Crippen LogP contribution is -2.35. The minimum atomic E-state index is 0.0932. The maximum atomic E-state index is 6.08. The molecule has 0 aliphatic carbocycles. The van der Waals surface area contributed by atoms with Crippen molar-refractivity contribution >= 4 is 5.96 Å². The van der Waals surface area contributed by atoms with Crippen molar-refractivity contribution in [2.45, 2.75) is 12.5 Å². The molecule has 0 fully saturated rings. The molecule has 1 atom stereocenters. The van der Waals surface area contributed by atoms with E-state index in [9.17, 15) is 0 Å². The molecule has 1 aromatic rings. The van der Waals surface area contributed by atoms with E-state index in [1.165, 1.54) is 5.56 Å². The van der Waals surface area contributed by atoms with E-state index >= 15 is 0 Å². The van der Waals surface area contributed by atoms with Crippen molar-refractivity contribution < 1.29 is 0 Å². The van der Waals surface area contributed by atoms with Crippen molar-refractivity contribution in [2.24, 2.45) is 10.7 Å². The van der Waals surface area contributed by atoms with E-state index in [2.05, 4.69) is 27.8 Å². The summed E-state index contributed by atoms with van der Waals surface area (Å²) in [6, 6.07) is 10.3. The van der Waals surface area contributed by atoms with Gasteiger partial charge in [0.25, 0.3) is 0 Å². The molecule has 86 valence electrons. The van der Waals surface area contributed by atoms with Crippen LogP contribution >= 0.6 is 0 Å². The van der Waals surface area contributed by atoms with Gasteiger partial charge in [-0.15, -0.1) is 0 Å². The van der Waals surface area contributed by atoms with Gasteiger partial charge in [0, 0.05) is 19.1 Å². The Morgan fingerprint density at radius 3 is 2.88 bits per heavy atom. The number of hydrogen-bond acceptors (Lipinski definition) is 4. The van der Waals surface area contributed by atoms with Crippen molar-refractivity contribution in [1.29, 1.82) is 0 Å². The number of benzene rings is 1. The van der Waals surface area contributed by atoms with Crippen LogP contribution in [-0.4, -0.2) is 25.6 Å². The van der Waals surface area contributed by atoms with Gasteiger partial charge in [-0.25, -0.2) is 0 Å². The first-order valence-electron chi connectivity index (χ1n) is 5.69. The number of hydrogen-bond donors (Lipinski definition) is 3. The number of guanidine groups is 1. The molecule has 0 amide bonds. The predicted molar refractivity (Wildman–Crippen MR) is 66.3 cm³/mol. The van der Waals surface area contributed by atoms with E-state index < -0.39 is 0 Å². The molecule has 0 saturated heterocycles. The van der Waals surface area contributed by atoms with Gasteiger partial charge in [-0.2, -0.15) is 0 Å². The van der Waals surface area contributed by atoms with Crippen LogP contribution in [0.1, 0.15) is 18.0 Å². The van der Waals surface area contributed by atoms with Crippen molar-refractivity contribution in [3.05, 3.63) is 35.9 Å². The van der Waals surface area contributed by atoms with Crippen LogP contribution in [0.3, 0.4) is 0 Å². The van der Waals surface area contributed by atoms with E-state index in [0.717, 1.165) is 32.0 Å². The number of nitrogens with two attached hydrogens (primary N) is 1. The normalized spacial score (nSPS) is 16.4. The Hall–Kier alpha value is -1.55. The summed E-state index contributed by atoms with van der Waals surface area (Å²) < 4.78 is 0. The molecule has 4 heteroatoms. The molecule has 4 N–H and O–H groups in total. The smallest absolute Gasteiger partial charge is 0.191 e. The fraction of sp³-hybridized carbons (Fsp3) is 0.417. The van der Waals surface area contributed by atoms with E-state index in [0.29, 0.717) is 0 Å². The molecule has 0 spiro atoms. The van der Waals surface area contributed by atoms with E-state index in [4.69, 9.17) is 5.73 Å². The summed E-state index contributed by atoms with van der Waals surface area (Å²) >= 11 is 0. The predicted octanol–water partition coefficient (Wildman–Crippen LogP) is 0.625. The number of nitrogens with zero attached hydrogens (tertiary/aromatic N) is 1. The van der Waals surface area contributed by atoms with Gasteiger partial charge in [0.05, 0.1) is 6.54 Å². The van der Waals surface area contributed by atoms with Crippen LogP contribution in [0.4, 0.5) is 0 Å². The Balaban J connectivity index is 1.73. The monoisotopic (exact) mass is 218 g/mol. The van der Waals surface area contributed by atoms with Gasteiger partial charge < -0.3 is 16.4 Å². The average Bonchev–Trinajstić information content (AvgIpc) is 2.83. The highest BCUT2D eigenvalue weighted by molar-refractivity contribution is 5.81. The van der Waals surface area contributed by atoms with Crippen LogP contribution in [-0.2, 0) is 0 Å². The molecule has 0 radical (unpaired) electrons. The molecule has 1 heterocycles. The Morgan fingerprint density at radius 1 is 1.38 bits per heavy atom. The zero-order valence-corrected chi connectivity index (χ0v) is 9.32. The molecule has 2 rings (SSSR count). The molecular formula is C12H18N4. The molecule has 0 bridgehead atoms. The summed E-state index contributed by atoms with van der Waals surface area (Å²) in [5.41, 5.74) is 7.27. The summed E-state index contributed by atoms with van der Waals surface area (Å²) in [5, 5.41) is 6.41. The molecule has 1 aliphatic heterocycles. The summed E-state index contributed by atoms with van der Waals surface area (Å²) in [6.07, 6.45) is 0.907. The molecule has 4 nitrogen and oxygen atoms in total. The van der Waals surface area contributed by atoms with Gasteiger partial charge in [0.2, 0.25) is 0 Å². The highest BCUT2D eigenvalue weighted by atomic mass is 15.2. The minimum Gasteiger partial charge on any atom is -0.356 e. The van der Waals surface area contributed by atoms with Gasteiger partial charge in [-0.1, -0.05) is 30.3 Å². The lowest BCUT2D eigenvalue weighted by molar-refractivity contribution is 0.633. The highest BCUT2D eigenvalue weighted by Gasteiger charge is 2.07. The average molecular weight is 218 g/mol. The molecule has 1 aliphatic rings. The second kappa shape index (κ2) is 5.51. The SMILES string of the molecule is NC(CCNC1=NCCN1)c1ccccc1. The van der Waals surface area contributed by atoms with Gasteiger partial charge in [0.15, 0.2) is 5.96 Å². The second-order valence-electron chi connectivity index (χ2n) is 3.89. The number of nitrogens with one attached hydrogen (secondary N) is 2. The van der Waals surface area contributed by atoms with Crippen molar-refractivity contribution in [2.75, 3.05) is 19.6 Å². The lowest BCUT2D eigenvalue weighted by Gasteiger charge is -2.13. The Labute approximate surface area is 96.0 Å². The third-order valence-electron chi connectivity index (χ3n) is 2.65. The molecule has 1 unspecified atom stereocenters. The Bertz CT molecular complexity index is 347. The van der Waals surface area contributed by atoms with Gasteiger partial charge in [0.1, 0.15) is 0 Å². The van der Waals surface area contributed by atoms with E-state index in [1.807, 2.05) is 18.2 Å². The standard InChI is InChI=1S/C12H18N4/c13-11(10-4-2-1-3-5-10)6-7-14-12-15-8-9-16-12/h1-5,11H,6-9,13H2,(H2,14,15,16). The maximum Gasteiger partial charge on any atom is 0.191 e. The fourth-order valence-corrected chi connectivity index (χ4v) is 1.73. The molecule has 0 saturated carbocycles. The van der Waals surface area contributed by atoms with Crippen molar-refractivity contribution in [3.8, 4) is 0 Å². The Morgan fingerprint density at radius 2 is 2.19 bits per heavy atom. The zero-order chi connectivity index (χ0) is 11.2. The van der Waals surface area contributed by atoms with E-state index in [-0.39, 0.29) is 6.04 Å². The van der Waals surface area contributed by atoms with Crippen LogP contribution in [0.5, 0.6) is 0 Å². The first kappa shape index (κ1) is 11.0. The van der Waals surface area contributed by atoms with E-state index in [1.54, 1.807) is 0 Å². The number of aliphatic imine (C=N–C) groups is 1. The van der Waals surface area contributed by atoms with Gasteiger partial charge in [-0.05, 0) is 12.0 Å². The highest BCUT2D eigenvalue weighted by Crippen LogP contribution is 2.11. The van der Waals surface area contributed by atoms with Crippen LogP contribution in [0.25, 0.3) is 0 Å². The largest absolute Gasteiger partial charge is 0.356 e. The molecule has 16 heavy (non-hydrogen) atoms.